The maximum atomic E-state index is 6.04. The van der Waals surface area contributed by atoms with Crippen LogP contribution >= 0.6 is 11.6 Å². The van der Waals surface area contributed by atoms with Gasteiger partial charge in [0.25, 0.3) is 0 Å². The lowest BCUT2D eigenvalue weighted by Crippen LogP contribution is -2.34. The van der Waals surface area contributed by atoms with E-state index in [1.54, 1.807) is 12.4 Å². The number of pyridine rings is 1. The van der Waals surface area contributed by atoms with E-state index >= 15 is 0 Å². The van der Waals surface area contributed by atoms with Crippen molar-refractivity contribution in [1.82, 2.24) is 9.88 Å². The van der Waals surface area contributed by atoms with E-state index in [2.05, 4.69) is 22.1 Å². The lowest BCUT2D eigenvalue weighted by atomic mass is 10.2. The van der Waals surface area contributed by atoms with Crippen LogP contribution in [-0.4, -0.2) is 35.6 Å². The van der Waals surface area contributed by atoms with Crippen molar-refractivity contribution < 1.29 is 0 Å². The molecule has 0 radical (unpaired) electrons. The predicted molar refractivity (Wildman–Crippen MR) is 68.0 cm³/mol. The SMILES string of the molecule is CCN1CCCC1CNc1ccncc1Cl. The summed E-state index contributed by atoms with van der Waals surface area (Å²) in [5.41, 5.74) is 0.986. The van der Waals surface area contributed by atoms with E-state index in [1.165, 1.54) is 19.4 Å². The first-order valence-corrected chi connectivity index (χ1v) is 6.26. The molecular weight excluding hydrogens is 222 g/mol. The Balaban J connectivity index is 1.90. The molecular formula is C12H18ClN3. The zero-order valence-corrected chi connectivity index (χ0v) is 10.4. The Hall–Kier alpha value is -0.800. The van der Waals surface area contributed by atoms with Gasteiger partial charge in [0.15, 0.2) is 0 Å². The van der Waals surface area contributed by atoms with Crippen LogP contribution < -0.4 is 5.32 Å². The normalized spacial score (nSPS) is 21.2. The van der Waals surface area contributed by atoms with Gasteiger partial charge in [0.05, 0.1) is 10.7 Å². The number of anilines is 1. The minimum atomic E-state index is 0.647. The highest BCUT2D eigenvalue weighted by Gasteiger charge is 2.22. The summed E-state index contributed by atoms with van der Waals surface area (Å²) >= 11 is 6.04. The van der Waals surface area contributed by atoms with Crippen LogP contribution in [0.25, 0.3) is 0 Å². The van der Waals surface area contributed by atoms with Gasteiger partial charge in [-0.05, 0) is 32.0 Å². The fraction of sp³-hybridized carbons (Fsp3) is 0.583. The number of hydrogen-bond donors (Lipinski definition) is 1. The van der Waals surface area contributed by atoms with Crippen LogP contribution in [-0.2, 0) is 0 Å². The Morgan fingerprint density at radius 2 is 2.50 bits per heavy atom. The van der Waals surface area contributed by atoms with E-state index < -0.39 is 0 Å². The van der Waals surface area contributed by atoms with Gasteiger partial charge >= 0.3 is 0 Å². The number of aromatic nitrogens is 1. The van der Waals surface area contributed by atoms with Crippen molar-refractivity contribution in [1.29, 1.82) is 0 Å². The number of likely N-dealkylation sites (N-methyl/N-ethyl adjacent to an activating group) is 1. The average Bonchev–Trinajstić information content (AvgIpc) is 2.75. The molecule has 1 fully saturated rings. The summed E-state index contributed by atoms with van der Waals surface area (Å²) in [6.07, 6.45) is 6.03. The zero-order chi connectivity index (χ0) is 11.4. The Morgan fingerprint density at radius 3 is 3.25 bits per heavy atom. The molecule has 1 aromatic heterocycles. The lowest BCUT2D eigenvalue weighted by Gasteiger charge is -2.23. The van der Waals surface area contributed by atoms with Gasteiger partial charge in [0.2, 0.25) is 0 Å². The predicted octanol–water partition coefficient (Wildman–Crippen LogP) is 2.63. The first-order valence-electron chi connectivity index (χ1n) is 5.88. The van der Waals surface area contributed by atoms with Crippen molar-refractivity contribution in [3.05, 3.63) is 23.5 Å². The molecule has 0 saturated carbocycles. The molecule has 1 atom stereocenters. The van der Waals surface area contributed by atoms with E-state index in [0.29, 0.717) is 11.1 Å². The quantitative estimate of drug-likeness (QED) is 0.876. The molecule has 4 heteroatoms. The standard InChI is InChI=1S/C12H18ClN3/c1-2-16-7-3-4-10(16)8-15-12-5-6-14-9-11(12)13/h5-6,9-10H,2-4,7-8H2,1H3,(H,14,15). The van der Waals surface area contributed by atoms with E-state index in [-0.39, 0.29) is 0 Å². The molecule has 0 amide bonds. The van der Waals surface area contributed by atoms with Crippen molar-refractivity contribution in [2.24, 2.45) is 0 Å². The summed E-state index contributed by atoms with van der Waals surface area (Å²) in [6.45, 7) is 5.55. The van der Waals surface area contributed by atoms with Crippen LogP contribution in [0, 0.1) is 0 Å². The van der Waals surface area contributed by atoms with Crippen LogP contribution in [0.3, 0.4) is 0 Å². The monoisotopic (exact) mass is 239 g/mol. The molecule has 1 unspecified atom stereocenters. The van der Waals surface area contributed by atoms with Crippen molar-refractivity contribution in [3.63, 3.8) is 0 Å². The smallest absolute Gasteiger partial charge is 0.0820 e. The van der Waals surface area contributed by atoms with E-state index in [1.807, 2.05) is 6.07 Å². The van der Waals surface area contributed by atoms with E-state index in [9.17, 15) is 0 Å². The molecule has 1 saturated heterocycles. The topological polar surface area (TPSA) is 28.2 Å². The van der Waals surface area contributed by atoms with Gasteiger partial charge in [-0.3, -0.25) is 9.88 Å². The van der Waals surface area contributed by atoms with Gasteiger partial charge in [-0.1, -0.05) is 18.5 Å². The second kappa shape index (κ2) is 5.51. The summed E-state index contributed by atoms with van der Waals surface area (Å²) < 4.78 is 0. The third-order valence-electron chi connectivity index (χ3n) is 3.21. The largest absolute Gasteiger partial charge is 0.382 e. The minimum Gasteiger partial charge on any atom is -0.382 e. The lowest BCUT2D eigenvalue weighted by molar-refractivity contribution is 0.277. The van der Waals surface area contributed by atoms with E-state index in [4.69, 9.17) is 11.6 Å². The molecule has 1 aromatic rings. The van der Waals surface area contributed by atoms with E-state index in [0.717, 1.165) is 18.8 Å². The molecule has 88 valence electrons. The molecule has 2 heterocycles. The number of nitrogens with zero attached hydrogens (tertiary/aromatic N) is 2. The van der Waals surface area contributed by atoms with Crippen LogP contribution in [0.5, 0.6) is 0 Å². The van der Waals surface area contributed by atoms with Crippen molar-refractivity contribution in [2.45, 2.75) is 25.8 Å². The fourth-order valence-corrected chi connectivity index (χ4v) is 2.48. The first kappa shape index (κ1) is 11.7. The maximum absolute atomic E-state index is 6.04. The summed E-state index contributed by atoms with van der Waals surface area (Å²) in [5, 5.41) is 4.10. The number of likely N-dealkylation sites (tertiary alicyclic amines) is 1. The third-order valence-corrected chi connectivity index (χ3v) is 3.51. The molecule has 3 nitrogen and oxygen atoms in total. The Bertz CT molecular complexity index is 343. The molecule has 1 aliphatic heterocycles. The Morgan fingerprint density at radius 1 is 1.62 bits per heavy atom. The maximum Gasteiger partial charge on any atom is 0.0820 e. The van der Waals surface area contributed by atoms with Crippen LogP contribution in [0.1, 0.15) is 19.8 Å². The molecule has 1 aliphatic rings. The van der Waals surface area contributed by atoms with Gasteiger partial charge in [-0.15, -0.1) is 0 Å². The average molecular weight is 240 g/mol. The molecule has 2 rings (SSSR count). The Labute approximate surface area is 102 Å². The van der Waals surface area contributed by atoms with Crippen LogP contribution in [0.2, 0.25) is 5.02 Å². The summed E-state index contributed by atoms with van der Waals surface area (Å²) in [4.78, 5) is 6.49. The van der Waals surface area contributed by atoms with Crippen molar-refractivity contribution >= 4 is 17.3 Å². The number of nitrogens with one attached hydrogen (secondary N) is 1. The van der Waals surface area contributed by atoms with Crippen molar-refractivity contribution in [3.8, 4) is 0 Å². The molecule has 1 N–H and O–H groups in total. The second-order valence-corrected chi connectivity index (χ2v) is 4.57. The van der Waals surface area contributed by atoms with Gasteiger partial charge in [-0.2, -0.15) is 0 Å². The second-order valence-electron chi connectivity index (χ2n) is 4.16. The number of hydrogen-bond acceptors (Lipinski definition) is 3. The molecule has 0 aliphatic carbocycles. The van der Waals surface area contributed by atoms with Gasteiger partial charge in [-0.25, -0.2) is 0 Å². The molecule has 0 spiro atoms. The minimum absolute atomic E-state index is 0.647. The van der Waals surface area contributed by atoms with Crippen molar-refractivity contribution in [2.75, 3.05) is 25.0 Å². The summed E-state index contributed by atoms with van der Waals surface area (Å²) in [6, 6.07) is 2.57. The van der Waals surface area contributed by atoms with Crippen LogP contribution in [0.15, 0.2) is 18.5 Å². The number of rotatable bonds is 4. The third kappa shape index (κ3) is 2.66. The fourth-order valence-electron chi connectivity index (χ4n) is 2.29. The van der Waals surface area contributed by atoms with Gasteiger partial charge in [0, 0.05) is 25.0 Å². The van der Waals surface area contributed by atoms with Crippen LogP contribution in [0.4, 0.5) is 5.69 Å². The first-order chi connectivity index (χ1) is 7.81. The molecule has 16 heavy (non-hydrogen) atoms. The van der Waals surface area contributed by atoms with Gasteiger partial charge in [0.1, 0.15) is 0 Å². The summed E-state index contributed by atoms with van der Waals surface area (Å²) in [5.74, 6) is 0. The Kier molecular flexibility index (Phi) is 4.02. The summed E-state index contributed by atoms with van der Waals surface area (Å²) in [7, 11) is 0. The zero-order valence-electron chi connectivity index (χ0n) is 9.62. The number of halogens is 1. The molecule has 0 aromatic carbocycles. The highest BCUT2D eigenvalue weighted by Crippen LogP contribution is 2.21. The van der Waals surface area contributed by atoms with Gasteiger partial charge < -0.3 is 5.32 Å². The molecule has 0 bridgehead atoms. The highest BCUT2D eigenvalue weighted by atomic mass is 35.5. The highest BCUT2D eigenvalue weighted by molar-refractivity contribution is 6.33.